The second kappa shape index (κ2) is 12.4. The molecule has 2 heterocycles. The van der Waals surface area contributed by atoms with E-state index in [0.29, 0.717) is 24.4 Å². The average Bonchev–Trinajstić information content (AvgIpc) is 3.26. The van der Waals surface area contributed by atoms with Crippen LogP contribution in [0.4, 0.5) is 4.79 Å². The van der Waals surface area contributed by atoms with Crippen molar-refractivity contribution in [1.29, 1.82) is 0 Å². The van der Waals surface area contributed by atoms with Gasteiger partial charge in [-0.15, -0.1) is 0 Å². The van der Waals surface area contributed by atoms with Crippen molar-refractivity contribution < 1.29 is 22.7 Å². The molecule has 0 saturated heterocycles. The van der Waals surface area contributed by atoms with Crippen LogP contribution in [0.5, 0.6) is 5.88 Å². The van der Waals surface area contributed by atoms with Gasteiger partial charge in [0.1, 0.15) is 11.4 Å². The number of carbonyl (C=O) groups excluding carboxylic acids is 1. The fraction of sp³-hybridized carbons (Fsp3) is 0.581. The molecule has 2 aromatic heterocycles. The van der Waals surface area contributed by atoms with E-state index in [-0.39, 0.29) is 27.7 Å². The van der Waals surface area contributed by atoms with Crippen LogP contribution in [-0.4, -0.2) is 47.8 Å². The number of fused-ring (bicyclic) bond motifs is 1. The van der Waals surface area contributed by atoms with Crippen LogP contribution in [0.3, 0.4) is 0 Å². The Morgan fingerprint density at radius 1 is 1.02 bits per heavy atom. The second-order valence-corrected chi connectivity index (χ2v) is 14.9. The zero-order chi connectivity index (χ0) is 29.8. The van der Waals surface area contributed by atoms with Gasteiger partial charge in [0.25, 0.3) is 0 Å². The third-order valence-corrected chi connectivity index (χ3v) is 8.87. The summed E-state index contributed by atoms with van der Waals surface area (Å²) in [6.45, 7) is 13.4. The van der Waals surface area contributed by atoms with Crippen molar-refractivity contribution in [3.63, 3.8) is 0 Å². The van der Waals surface area contributed by atoms with Gasteiger partial charge in [-0.2, -0.15) is 0 Å². The number of sulfone groups is 1. The van der Waals surface area contributed by atoms with Crippen molar-refractivity contribution in [3.05, 3.63) is 42.4 Å². The monoisotopic (exact) mass is 584 g/mol. The number of nitrogens with zero attached hydrogens (tertiary/aromatic N) is 3. The van der Waals surface area contributed by atoms with Crippen molar-refractivity contribution in [2.75, 3.05) is 13.2 Å². The van der Waals surface area contributed by atoms with Crippen LogP contribution in [0.2, 0.25) is 0 Å². The molecule has 0 unspecified atom stereocenters. The third kappa shape index (κ3) is 7.99. The summed E-state index contributed by atoms with van der Waals surface area (Å²) < 4.78 is 40.4. The highest BCUT2D eigenvalue weighted by Crippen LogP contribution is 2.33. The van der Waals surface area contributed by atoms with E-state index < -0.39 is 21.5 Å². The lowest BCUT2D eigenvalue weighted by Crippen LogP contribution is -2.33. The Morgan fingerprint density at radius 2 is 1.73 bits per heavy atom. The Morgan fingerprint density at radius 3 is 2.41 bits per heavy atom. The summed E-state index contributed by atoms with van der Waals surface area (Å²) in [7, 11) is -3.83. The van der Waals surface area contributed by atoms with Crippen molar-refractivity contribution in [1.82, 2.24) is 19.9 Å². The molecule has 0 bridgehead atoms. The molecule has 0 aliphatic heterocycles. The van der Waals surface area contributed by atoms with E-state index in [4.69, 9.17) is 14.5 Å². The number of amides is 1. The molecule has 9 nitrogen and oxygen atoms in total. The fourth-order valence-corrected chi connectivity index (χ4v) is 6.47. The van der Waals surface area contributed by atoms with Crippen LogP contribution >= 0.6 is 0 Å². The van der Waals surface area contributed by atoms with E-state index in [0.717, 1.165) is 17.9 Å². The van der Waals surface area contributed by atoms with Gasteiger partial charge in [-0.3, -0.25) is 0 Å². The maximum Gasteiger partial charge on any atom is 0.407 e. The van der Waals surface area contributed by atoms with Crippen molar-refractivity contribution >= 4 is 27.0 Å². The molecule has 0 atom stereocenters. The van der Waals surface area contributed by atoms with Crippen molar-refractivity contribution in [2.45, 2.75) is 107 Å². The minimum absolute atomic E-state index is 0.103. The summed E-state index contributed by atoms with van der Waals surface area (Å²) in [4.78, 5) is 21.2. The number of nitrogens with one attached hydrogen (secondary N) is 1. The minimum Gasteiger partial charge on any atom is -0.478 e. The number of rotatable bonds is 9. The first-order valence-corrected chi connectivity index (χ1v) is 16.0. The number of hydrogen-bond donors (Lipinski definition) is 1. The van der Waals surface area contributed by atoms with Crippen LogP contribution in [0, 0.1) is 5.92 Å². The van der Waals surface area contributed by atoms with E-state index >= 15 is 0 Å². The van der Waals surface area contributed by atoms with Crippen molar-refractivity contribution in [3.8, 4) is 5.88 Å². The van der Waals surface area contributed by atoms with E-state index in [2.05, 4.69) is 35.6 Å². The predicted molar refractivity (Wildman–Crippen MR) is 159 cm³/mol. The van der Waals surface area contributed by atoms with E-state index in [1.165, 1.54) is 50.4 Å². The average molecular weight is 585 g/mol. The molecule has 0 spiro atoms. The summed E-state index contributed by atoms with van der Waals surface area (Å²) in [6.07, 6.45) is 7.74. The molecule has 224 valence electrons. The summed E-state index contributed by atoms with van der Waals surface area (Å²) in [5.41, 5.74) is 0.921. The molecule has 10 heteroatoms. The third-order valence-electron chi connectivity index (χ3n) is 7.12. The Kier molecular flexibility index (Phi) is 9.31. The van der Waals surface area contributed by atoms with Gasteiger partial charge in [-0.25, -0.2) is 23.2 Å². The number of aromatic nitrogens is 3. The van der Waals surface area contributed by atoms with Gasteiger partial charge in [0.15, 0.2) is 0 Å². The highest BCUT2D eigenvalue weighted by atomic mass is 32.2. The number of pyridine rings is 1. The smallest absolute Gasteiger partial charge is 0.407 e. The van der Waals surface area contributed by atoms with Gasteiger partial charge in [-0.1, -0.05) is 40.0 Å². The second-order valence-electron chi connectivity index (χ2n) is 12.9. The molecule has 4 rings (SSSR count). The first-order chi connectivity index (χ1) is 19.2. The largest absolute Gasteiger partial charge is 0.478 e. The van der Waals surface area contributed by atoms with E-state index in [1.54, 1.807) is 32.9 Å². The number of benzene rings is 1. The Hall–Kier alpha value is -3.14. The standard InChI is InChI=1S/C31H44N4O5S/c1-30(2,3)28-34-25-19-23(13-14-26(25)35(28)21-22-11-8-7-9-12-22)41(37,38)24-15-17-32-27(20-24)39-18-10-16-33-29(36)40-31(4,5)6/h13-15,17,19-20,22H,7-12,16,18,21H2,1-6H3,(H,33,36). The topological polar surface area (TPSA) is 112 Å². The molecule has 1 amide bonds. The molecule has 1 saturated carbocycles. The number of carbonyl (C=O) groups is 1. The zero-order valence-corrected chi connectivity index (χ0v) is 26.0. The number of alkyl carbamates (subject to hydrolysis) is 1. The molecule has 1 aliphatic carbocycles. The highest BCUT2D eigenvalue weighted by molar-refractivity contribution is 7.91. The van der Waals surface area contributed by atoms with Gasteiger partial charge < -0.3 is 19.4 Å². The molecular formula is C31H44N4O5S. The quantitative estimate of drug-likeness (QED) is 0.288. The number of hydrogen-bond acceptors (Lipinski definition) is 7. The lowest BCUT2D eigenvalue weighted by Gasteiger charge is -2.26. The molecule has 1 aliphatic rings. The van der Waals surface area contributed by atoms with Gasteiger partial charge in [0.2, 0.25) is 15.7 Å². The molecule has 1 N–H and O–H groups in total. The predicted octanol–water partition coefficient (Wildman–Crippen LogP) is 6.44. The fourth-order valence-electron chi connectivity index (χ4n) is 5.19. The lowest BCUT2D eigenvalue weighted by molar-refractivity contribution is 0.0525. The van der Waals surface area contributed by atoms with Crippen molar-refractivity contribution in [2.24, 2.45) is 5.92 Å². The van der Waals surface area contributed by atoms with Crippen LogP contribution in [0.1, 0.15) is 85.9 Å². The van der Waals surface area contributed by atoms with Crippen LogP contribution < -0.4 is 10.1 Å². The van der Waals surface area contributed by atoms with Crippen LogP contribution in [0.15, 0.2) is 46.3 Å². The van der Waals surface area contributed by atoms with Crippen LogP contribution in [0.25, 0.3) is 11.0 Å². The number of ether oxygens (including phenoxy) is 2. The molecular weight excluding hydrogens is 540 g/mol. The highest BCUT2D eigenvalue weighted by Gasteiger charge is 2.27. The van der Waals surface area contributed by atoms with Gasteiger partial charge >= 0.3 is 6.09 Å². The summed E-state index contributed by atoms with van der Waals surface area (Å²) >= 11 is 0. The van der Waals surface area contributed by atoms with Gasteiger partial charge in [0, 0.05) is 30.8 Å². The maximum atomic E-state index is 13.6. The molecule has 3 aromatic rings. The summed E-state index contributed by atoms with van der Waals surface area (Å²) in [5, 5.41) is 2.67. The Bertz CT molecular complexity index is 1460. The number of imidazole rings is 1. The van der Waals surface area contributed by atoms with Gasteiger partial charge in [0.05, 0.1) is 27.4 Å². The minimum atomic E-state index is -3.83. The van der Waals surface area contributed by atoms with E-state index in [9.17, 15) is 13.2 Å². The van der Waals surface area contributed by atoms with E-state index in [1.807, 2.05) is 6.07 Å². The summed E-state index contributed by atoms with van der Waals surface area (Å²) in [6, 6.07) is 8.15. The van der Waals surface area contributed by atoms with Gasteiger partial charge in [-0.05, 0) is 70.2 Å². The molecule has 1 fully saturated rings. The molecule has 1 aromatic carbocycles. The maximum absolute atomic E-state index is 13.6. The normalized spacial score (nSPS) is 15.2. The first kappa shape index (κ1) is 30.8. The zero-order valence-electron chi connectivity index (χ0n) is 25.2. The van der Waals surface area contributed by atoms with Crippen LogP contribution in [-0.2, 0) is 26.5 Å². The molecule has 41 heavy (non-hydrogen) atoms. The lowest BCUT2D eigenvalue weighted by atomic mass is 9.88. The summed E-state index contributed by atoms with van der Waals surface area (Å²) in [5.74, 6) is 1.80. The Balaban J connectivity index is 1.48. The Labute approximate surface area is 244 Å². The molecule has 0 radical (unpaired) electrons. The SMILES string of the molecule is CC(C)(C)OC(=O)NCCCOc1cc(S(=O)(=O)c2ccc3c(c2)nc(C(C)(C)C)n3CC2CCCCC2)ccn1. The first-order valence-electron chi connectivity index (χ1n) is 14.6.